The van der Waals surface area contributed by atoms with Gasteiger partial charge in [-0.25, -0.2) is 4.79 Å². The molecule has 1 aromatic heterocycles. The number of halogens is 4. The molecule has 1 heterocycles. The molecule has 7 heteroatoms. The third-order valence-corrected chi connectivity index (χ3v) is 2.50. The standard InChI is InChI=1S/C9H7F3INO2/c1-2-16-8(15)5-3-14-4-6(13)7(5)9(10,11)12/h3-4H,2H2,1H3. The zero-order valence-electron chi connectivity index (χ0n) is 8.14. The van der Waals surface area contributed by atoms with Gasteiger partial charge in [-0.2, -0.15) is 13.2 Å². The maximum Gasteiger partial charge on any atom is 0.418 e. The van der Waals surface area contributed by atoms with Crippen LogP contribution in [-0.2, 0) is 10.9 Å². The van der Waals surface area contributed by atoms with Gasteiger partial charge in [-0.1, -0.05) is 0 Å². The van der Waals surface area contributed by atoms with Gasteiger partial charge < -0.3 is 4.74 Å². The van der Waals surface area contributed by atoms with Crippen LogP contribution < -0.4 is 0 Å². The first-order chi connectivity index (χ1) is 7.38. The number of carbonyl (C=O) groups excluding carboxylic acids is 1. The Balaban J connectivity index is 3.29. The van der Waals surface area contributed by atoms with Gasteiger partial charge in [-0.3, -0.25) is 4.98 Å². The number of ether oxygens (including phenoxy) is 1. The van der Waals surface area contributed by atoms with E-state index in [-0.39, 0.29) is 10.2 Å². The smallest absolute Gasteiger partial charge is 0.418 e. The van der Waals surface area contributed by atoms with E-state index in [1.54, 1.807) is 0 Å². The predicted octanol–water partition coefficient (Wildman–Crippen LogP) is 2.88. The molecule has 0 amide bonds. The average Bonchev–Trinajstić information content (AvgIpc) is 2.15. The Hall–Kier alpha value is -0.860. The molecule has 0 bridgehead atoms. The lowest BCUT2D eigenvalue weighted by molar-refractivity contribution is -0.138. The van der Waals surface area contributed by atoms with Crippen molar-refractivity contribution in [2.75, 3.05) is 6.61 Å². The fourth-order valence-electron chi connectivity index (χ4n) is 1.09. The minimum Gasteiger partial charge on any atom is -0.462 e. The van der Waals surface area contributed by atoms with Crippen LogP contribution in [0.15, 0.2) is 12.4 Å². The first-order valence-corrected chi connectivity index (χ1v) is 5.33. The summed E-state index contributed by atoms with van der Waals surface area (Å²) >= 11 is 1.48. The summed E-state index contributed by atoms with van der Waals surface area (Å²) in [5, 5.41) is 0. The highest BCUT2D eigenvalue weighted by molar-refractivity contribution is 14.1. The van der Waals surface area contributed by atoms with E-state index in [1.165, 1.54) is 29.5 Å². The van der Waals surface area contributed by atoms with Crippen molar-refractivity contribution in [2.45, 2.75) is 13.1 Å². The second-order valence-corrected chi connectivity index (χ2v) is 3.92. The summed E-state index contributed by atoms with van der Waals surface area (Å²) in [6.45, 7) is 1.54. The van der Waals surface area contributed by atoms with E-state index in [0.717, 1.165) is 12.4 Å². The van der Waals surface area contributed by atoms with Crippen molar-refractivity contribution < 1.29 is 22.7 Å². The third kappa shape index (κ3) is 2.83. The number of carbonyl (C=O) groups is 1. The quantitative estimate of drug-likeness (QED) is 0.611. The highest BCUT2D eigenvalue weighted by Crippen LogP contribution is 2.35. The van der Waals surface area contributed by atoms with E-state index in [9.17, 15) is 18.0 Å². The van der Waals surface area contributed by atoms with Crippen molar-refractivity contribution >= 4 is 28.6 Å². The number of aromatic nitrogens is 1. The molecule has 0 N–H and O–H groups in total. The Kier molecular flexibility index (Phi) is 4.11. The average molecular weight is 345 g/mol. The number of nitrogens with zero attached hydrogens (tertiary/aromatic N) is 1. The maximum atomic E-state index is 12.7. The normalized spacial score (nSPS) is 11.3. The maximum absolute atomic E-state index is 12.7. The topological polar surface area (TPSA) is 39.2 Å². The molecule has 0 unspecified atom stereocenters. The van der Waals surface area contributed by atoms with Gasteiger partial charge in [0.15, 0.2) is 0 Å². The molecule has 1 aromatic rings. The number of hydrogen-bond donors (Lipinski definition) is 0. The van der Waals surface area contributed by atoms with E-state index in [0.29, 0.717) is 0 Å². The fraction of sp³-hybridized carbons (Fsp3) is 0.333. The molecule has 0 aromatic carbocycles. The lowest BCUT2D eigenvalue weighted by Gasteiger charge is -2.12. The molecule has 1 rings (SSSR count). The minimum absolute atomic E-state index is 0.0155. The minimum atomic E-state index is -4.60. The van der Waals surface area contributed by atoms with Crippen LogP contribution in [0.5, 0.6) is 0 Å². The summed E-state index contributed by atoms with van der Waals surface area (Å²) < 4.78 is 42.4. The summed E-state index contributed by atoms with van der Waals surface area (Å²) in [5.41, 5.74) is -1.55. The Morgan fingerprint density at radius 3 is 2.62 bits per heavy atom. The van der Waals surface area contributed by atoms with Crippen molar-refractivity contribution in [3.8, 4) is 0 Å². The molecule has 0 fully saturated rings. The third-order valence-electron chi connectivity index (χ3n) is 1.68. The molecule has 0 aliphatic rings. The van der Waals surface area contributed by atoms with Crippen LogP contribution in [0.2, 0.25) is 0 Å². The van der Waals surface area contributed by atoms with Crippen LogP contribution in [0.1, 0.15) is 22.8 Å². The molecule has 0 aliphatic carbocycles. The molecule has 0 aliphatic heterocycles. The van der Waals surface area contributed by atoms with Crippen molar-refractivity contribution in [3.63, 3.8) is 0 Å². The molecule has 0 spiro atoms. The first kappa shape index (κ1) is 13.2. The van der Waals surface area contributed by atoms with Crippen LogP contribution in [0, 0.1) is 3.57 Å². The van der Waals surface area contributed by atoms with Gasteiger partial charge in [-0.15, -0.1) is 0 Å². The summed E-state index contributed by atoms with van der Waals surface area (Å²) in [7, 11) is 0. The predicted molar refractivity (Wildman–Crippen MR) is 57.9 cm³/mol. The van der Waals surface area contributed by atoms with Gasteiger partial charge in [0, 0.05) is 16.0 Å². The molecule has 0 radical (unpaired) electrons. The summed E-state index contributed by atoms with van der Waals surface area (Å²) in [4.78, 5) is 14.9. The molecule has 0 saturated carbocycles. The number of pyridine rings is 1. The molecular weight excluding hydrogens is 338 g/mol. The lowest BCUT2D eigenvalue weighted by Crippen LogP contribution is -2.17. The van der Waals surface area contributed by atoms with Crippen LogP contribution in [0.4, 0.5) is 13.2 Å². The molecule has 16 heavy (non-hydrogen) atoms. The van der Waals surface area contributed by atoms with E-state index >= 15 is 0 Å². The van der Waals surface area contributed by atoms with Crippen LogP contribution in [-0.4, -0.2) is 17.6 Å². The summed E-state index contributed by atoms with van der Waals surface area (Å²) in [6.07, 6.45) is -2.68. The lowest BCUT2D eigenvalue weighted by atomic mass is 10.1. The van der Waals surface area contributed by atoms with E-state index in [4.69, 9.17) is 0 Å². The monoisotopic (exact) mass is 345 g/mol. The van der Waals surface area contributed by atoms with Crippen molar-refractivity contribution in [2.24, 2.45) is 0 Å². The van der Waals surface area contributed by atoms with Crippen molar-refractivity contribution in [3.05, 3.63) is 27.1 Å². The van der Waals surface area contributed by atoms with Gasteiger partial charge in [0.25, 0.3) is 0 Å². The molecule has 3 nitrogen and oxygen atoms in total. The van der Waals surface area contributed by atoms with Crippen LogP contribution in [0.3, 0.4) is 0 Å². The number of rotatable bonds is 2. The van der Waals surface area contributed by atoms with Crippen molar-refractivity contribution in [1.29, 1.82) is 0 Å². The SMILES string of the molecule is CCOC(=O)c1cncc(I)c1C(F)(F)F. The van der Waals surface area contributed by atoms with Crippen molar-refractivity contribution in [1.82, 2.24) is 4.98 Å². The Morgan fingerprint density at radius 1 is 1.50 bits per heavy atom. The van der Waals surface area contributed by atoms with Gasteiger partial charge in [0.05, 0.1) is 17.7 Å². The Morgan fingerprint density at radius 2 is 2.12 bits per heavy atom. The second kappa shape index (κ2) is 4.98. The Bertz CT molecular complexity index is 406. The van der Waals surface area contributed by atoms with E-state index in [1.807, 2.05) is 0 Å². The molecule has 0 saturated heterocycles. The van der Waals surface area contributed by atoms with E-state index in [2.05, 4.69) is 9.72 Å². The Labute approximate surface area is 103 Å². The fourth-order valence-corrected chi connectivity index (χ4v) is 1.84. The molecule has 88 valence electrons. The zero-order chi connectivity index (χ0) is 12.3. The number of hydrogen-bond acceptors (Lipinski definition) is 3. The molecule has 0 atom stereocenters. The van der Waals surface area contributed by atoms with Gasteiger partial charge in [0.1, 0.15) is 0 Å². The largest absolute Gasteiger partial charge is 0.462 e. The summed E-state index contributed by atoms with van der Waals surface area (Å²) in [6, 6.07) is 0. The van der Waals surface area contributed by atoms with Gasteiger partial charge >= 0.3 is 12.1 Å². The number of esters is 1. The van der Waals surface area contributed by atoms with Gasteiger partial charge in [-0.05, 0) is 29.5 Å². The van der Waals surface area contributed by atoms with E-state index < -0.39 is 23.3 Å². The second-order valence-electron chi connectivity index (χ2n) is 2.76. The van der Waals surface area contributed by atoms with Crippen LogP contribution >= 0.6 is 22.6 Å². The highest BCUT2D eigenvalue weighted by Gasteiger charge is 2.38. The summed E-state index contributed by atoms with van der Waals surface area (Å²) in [5.74, 6) is -1.01. The molecular formula is C9H7F3INO2. The zero-order valence-corrected chi connectivity index (χ0v) is 10.3. The van der Waals surface area contributed by atoms with Gasteiger partial charge in [0.2, 0.25) is 0 Å². The number of alkyl halides is 3. The van der Waals surface area contributed by atoms with Crippen LogP contribution in [0.25, 0.3) is 0 Å². The highest BCUT2D eigenvalue weighted by atomic mass is 127. The first-order valence-electron chi connectivity index (χ1n) is 4.25.